The van der Waals surface area contributed by atoms with Crippen LogP contribution in [0.3, 0.4) is 0 Å². The fraction of sp³-hybridized carbons (Fsp3) is 0.500. The molecular weight excluding hydrogens is 344 g/mol. The maximum atomic E-state index is 5.79. The molecule has 0 saturated carbocycles. The number of oxazole rings is 1. The predicted molar refractivity (Wildman–Crippen MR) is 110 cm³/mol. The van der Waals surface area contributed by atoms with Crippen molar-refractivity contribution in [3.8, 4) is 0 Å². The van der Waals surface area contributed by atoms with E-state index in [2.05, 4.69) is 79.5 Å². The van der Waals surface area contributed by atoms with E-state index in [1.165, 1.54) is 10.5 Å². The van der Waals surface area contributed by atoms with Crippen LogP contribution in [0.25, 0.3) is 0 Å². The topological polar surface area (TPSA) is 62.5 Å². The van der Waals surface area contributed by atoms with E-state index in [4.69, 9.17) is 4.42 Å². The van der Waals surface area contributed by atoms with Crippen molar-refractivity contribution in [1.29, 1.82) is 0 Å². The Morgan fingerprint density at radius 1 is 1.19 bits per heavy atom. The second-order valence-corrected chi connectivity index (χ2v) is 8.32. The molecule has 1 aromatic carbocycles. The first-order valence-electron chi connectivity index (χ1n) is 9.05. The summed E-state index contributed by atoms with van der Waals surface area (Å²) < 4.78 is 5.79. The highest BCUT2D eigenvalue weighted by Crippen LogP contribution is 2.22. The fourth-order valence-corrected chi connectivity index (χ4v) is 2.96. The number of thioether (sulfide) groups is 1. The van der Waals surface area contributed by atoms with Gasteiger partial charge in [0.2, 0.25) is 5.89 Å². The molecule has 1 heterocycles. The Kier molecular flexibility index (Phi) is 7.57. The van der Waals surface area contributed by atoms with Crippen LogP contribution in [-0.4, -0.2) is 29.8 Å². The first kappa shape index (κ1) is 20.4. The quantitative estimate of drug-likeness (QED) is 0.330. The Morgan fingerprint density at radius 3 is 2.54 bits per heavy atom. The van der Waals surface area contributed by atoms with E-state index in [9.17, 15) is 0 Å². The molecule has 0 aliphatic heterocycles. The summed E-state index contributed by atoms with van der Waals surface area (Å²) in [7, 11) is 0. The molecule has 2 aromatic rings. The minimum atomic E-state index is -0.0368. The van der Waals surface area contributed by atoms with Gasteiger partial charge in [0, 0.05) is 29.2 Å². The standard InChI is InChI=1S/C20H30N4OS/c1-6-21-19(22-11-12-26-16-9-7-15(2)8-10-16)24-14-18-23-13-17(25-18)20(3,4)5/h7-10,13H,6,11-12,14H2,1-5H3,(H2,21,22,24). The molecule has 0 fully saturated rings. The third-order valence-corrected chi connectivity index (χ3v) is 4.71. The zero-order chi connectivity index (χ0) is 19.0. The minimum Gasteiger partial charge on any atom is -0.443 e. The van der Waals surface area contributed by atoms with E-state index in [1.807, 2.05) is 11.8 Å². The van der Waals surface area contributed by atoms with E-state index < -0.39 is 0 Å². The summed E-state index contributed by atoms with van der Waals surface area (Å²) >= 11 is 1.83. The van der Waals surface area contributed by atoms with Crippen molar-refractivity contribution in [3.63, 3.8) is 0 Å². The summed E-state index contributed by atoms with van der Waals surface area (Å²) in [5.41, 5.74) is 1.25. The number of nitrogens with one attached hydrogen (secondary N) is 2. The molecule has 0 atom stereocenters. The Morgan fingerprint density at radius 2 is 1.92 bits per heavy atom. The maximum Gasteiger partial charge on any atom is 0.216 e. The van der Waals surface area contributed by atoms with Gasteiger partial charge in [0.15, 0.2) is 5.96 Å². The molecule has 0 unspecified atom stereocenters. The number of guanidine groups is 1. The van der Waals surface area contributed by atoms with Gasteiger partial charge in [0.1, 0.15) is 12.3 Å². The van der Waals surface area contributed by atoms with E-state index in [0.29, 0.717) is 12.4 Å². The Balaban J connectivity index is 1.82. The molecule has 6 heteroatoms. The normalized spacial score (nSPS) is 12.3. The van der Waals surface area contributed by atoms with E-state index in [-0.39, 0.29) is 5.41 Å². The van der Waals surface area contributed by atoms with Crippen LogP contribution in [0.4, 0.5) is 0 Å². The lowest BCUT2D eigenvalue weighted by Crippen LogP contribution is -2.38. The van der Waals surface area contributed by atoms with Gasteiger partial charge in [-0.25, -0.2) is 9.98 Å². The molecule has 0 spiro atoms. The molecule has 5 nitrogen and oxygen atoms in total. The van der Waals surface area contributed by atoms with Crippen LogP contribution in [0.15, 0.2) is 44.8 Å². The van der Waals surface area contributed by atoms with Gasteiger partial charge in [0.25, 0.3) is 0 Å². The monoisotopic (exact) mass is 374 g/mol. The molecule has 26 heavy (non-hydrogen) atoms. The van der Waals surface area contributed by atoms with Gasteiger partial charge in [-0.15, -0.1) is 11.8 Å². The average Bonchev–Trinajstić information content (AvgIpc) is 3.07. The van der Waals surface area contributed by atoms with Crippen molar-refractivity contribution < 1.29 is 4.42 Å². The molecule has 0 aliphatic rings. The molecule has 1 aromatic heterocycles. The highest BCUT2D eigenvalue weighted by Gasteiger charge is 2.18. The smallest absolute Gasteiger partial charge is 0.216 e. The van der Waals surface area contributed by atoms with Crippen molar-refractivity contribution in [2.24, 2.45) is 4.99 Å². The average molecular weight is 375 g/mol. The van der Waals surface area contributed by atoms with Crippen molar-refractivity contribution in [2.45, 2.75) is 51.5 Å². The highest BCUT2D eigenvalue weighted by atomic mass is 32.2. The first-order chi connectivity index (χ1) is 12.4. The molecule has 0 saturated heterocycles. The molecule has 0 amide bonds. The first-order valence-corrected chi connectivity index (χ1v) is 10.0. The minimum absolute atomic E-state index is 0.0368. The molecule has 0 radical (unpaired) electrons. The molecule has 2 N–H and O–H groups in total. The highest BCUT2D eigenvalue weighted by molar-refractivity contribution is 7.99. The van der Waals surface area contributed by atoms with Crippen LogP contribution in [0.1, 0.15) is 44.9 Å². The van der Waals surface area contributed by atoms with Crippen LogP contribution in [-0.2, 0) is 12.0 Å². The summed E-state index contributed by atoms with van der Waals surface area (Å²) in [4.78, 5) is 10.2. The zero-order valence-electron chi connectivity index (χ0n) is 16.4. The Bertz CT molecular complexity index is 701. The van der Waals surface area contributed by atoms with Gasteiger partial charge in [-0.05, 0) is 26.0 Å². The third kappa shape index (κ3) is 6.75. The van der Waals surface area contributed by atoms with Crippen molar-refractivity contribution in [1.82, 2.24) is 15.6 Å². The van der Waals surface area contributed by atoms with Crippen molar-refractivity contribution in [2.75, 3.05) is 18.8 Å². The SMILES string of the molecule is CCNC(=NCc1ncc(C(C)(C)C)o1)NCCSc1ccc(C)cc1. The second-order valence-electron chi connectivity index (χ2n) is 7.15. The van der Waals surface area contributed by atoms with Gasteiger partial charge in [0.05, 0.1) is 6.20 Å². The van der Waals surface area contributed by atoms with E-state index >= 15 is 0 Å². The van der Waals surface area contributed by atoms with E-state index in [0.717, 1.165) is 30.6 Å². The maximum absolute atomic E-state index is 5.79. The van der Waals surface area contributed by atoms with Crippen LogP contribution < -0.4 is 10.6 Å². The Labute approximate surface area is 161 Å². The number of nitrogens with zero attached hydrogens (tertiary/aromatic N) is 2. The van der Waals surface area contributed by atoms with Crippen LogP contribution >= 0.6 is 11.8 Å². The van der Waals surface area contributed by atoms with Gasteiger partial charge in [-0.2, -0.15) is 0 Å². The number of hydrogen-bond donors (Lipinski definition) is 2. The molecule has 0 bridgehead atoms. The van der Waals surface area contributed by atoms with Crippen LogP contribution in [0, 0.1) is 6.92 Å². The fourth-order valence-electron chi connectivity index (χ4n) is 2.19. The van der Waals surface area contributed by atoms with E-state index in [1.54, 1.807) is 6.20 Å². The van der Waals surface area contributed by atoms with Crippen molar-refractivity contribution >= 4 is 17.7 Å². The van der Waals surface area contributed by atoms with Crippen LogP contribution in [0.2, 0.25) is 0 Å². The number of hydrogen-bond acceptors (Lipinski definition) is 4. The summed E-state index contributed by atoms with van der Waals surface area (Å²) in [6, 6.07) is 8.61. The number of aryl methyl sites for hydroxylation is 1. The van der Waals surface area contributed by atoms with Gasteiger partial charge < -0.3 is 15.1 Å². The van der Waals surface area contributed by atoms with Crippen LogP contribution in [0.5, 0.6) is 0 Å². The Hall–Kier alpha value is -1.95. The number of benzene rings is 1. The number of rotatable bonds is 7. The largest absolute Gasteiger partial charge is 0.443 e. The van der Waals surface area contributed by atoms with Gasteiger partial charge in [-0.3, -0.25) is 0 Å². The number of aromatic nitrogens is 1. The lowest BCUT2D eigenvalue weighted by Gasteiger charge is -2.13. The number of aliphatic imine (C=N–C) groups is 1. The summed E-state index contributed by atoms with van der Waals surface area (Å²) in [5.74, 6) is 3.28. The summed E-state index contributed by atoms with van der Waals surface area (Å²) in [5, 5.41) is 6.61. The van der Waals surface area contributed by atoms with Gasteiger partial charge >= 0.3 is 0 Å². The third-order valence-electron chi connectivity index (χ3n) is 3.69. The van der Waals surface area contributed by atoms with Crippen molar-refractivity contribution in [3.05, 3.63) is 47.7 Å². The summed E-state index contributed by atoms with van der Waals surface area (Å²) in [6.07, 6.45) is 1.80. The van der Waals surface area contributed by atoms with Gasteiger partial charge in [-0.1, -0.05) is 38.5 Å². The molecular formula is C20H30N4OS. The molecule has 2 rings (SSSR count). The predicted octanol–water partition coefficient (Wildman–Crippen LogP) is 4.13. The molecule has 0 aliphatic carbocycles. The second kappa shape index (κ2) is 9.67. The lowest BCUT2D eigenvalue weighted by atomic mass is 9.94. The lowest BCUT2D eigenvalue weighted by molar-refractivity contribution is 0.383. The zero-order valence-corrected chi connectivity index (χ0v) is 17.2. The summed E-state index contributed by atoms with van der Waals surface area (Å²) in [6.45, 7) is 12.6. The molecule has 142 valence electrons.